The van der Waals surface area contributed by atoms with Gasteiger partial charge in [-0.3, -0.25) is 14.3 Å². The topological polar surface area (TPSA) is 311 Å². The first-order chi connectivity index (χ1) is 16.6. The molecular formula is C18H28O18. The van der Waals surface area contributed by atoms with Gasteiger partial charge in [-0.05, 0) is 0 Å². The highest BCUT2D eigenvalue weighted by Gasteiger charge is 2.66. The van der Waals surface area contributed by atoms with Crippen molar-refractivity contribution >= 4 is 17.9 Å². The molecule has 2 heterocycles. The summed E-state index contributed by atoms with van der Waals surface area (Å²) in [6.45, 7) is -3.46. The van der Waals surface area contributed by atoms with Gasteiger partial charge in [0.2, 0.25) is 5.79 Å². The third-order valence-corrected chi connectivity index (χ3v) is 5.67. The van der Waals surface area contributed by atoms with Crippen molar-refractivity contribution in [1.29, 1.82) is 0 Å². The highest BCUT2D eigenvalue weighted by atomic mass is 16.9. The van der Waals surface area contributed by atoms with Crippen LogP contribution in [0, 0.1) is 0 Å². The van der Waals surface area contributed by atoms with Crippen molar-refractivity contribution in [2.24, 2.45) is 0 Å². The number of ether oxygens (including phenoxy) is 4. The number of aliphatic hydroxyl groups is 9. The largest absolute Gasteiger partial charge is 0.481 e. The number of aliphatic hydroxyl groups excluding tert-OH is 8. The van der Waals surface area contributed by atoms with Gasteiger partial charge in [-0.15, -0.1) is 0 Å². The fourth-order valence-electron chi connectivity index (χ4n) is 3.69. The number of hydrogen-bond donors (Lipinski definition) is 11. The Morgan fingerprint density at radius 1 is 0.806 bits per heavy atom. The maximum Gasteiger partial charge on any atom is 0.362 e. The Bertz CT molecular complexity index is 820. The maximum absolute atomic E-state index is 12.6. The second kappa shape index (κ2) is 11.1. The van der Waals surface area contributed by atoms with Crippen molar-refractivity contribution in [2.75, 3.05) is 19.8 Å². The molecule has 0 spiro atoms. The number of aliphatic carboxylic acids is 2. The molecule has 18 heteroatoms. The Balaban J connectivity index is 2.51. The molecule has 0 aromatic carbocycles. The molecule has 2 rings (SSSR count). The van der Waals surface area contributed by atoms with Crippen LogP contribution in [-0.2, 0) is 33.3 Å². The minimum atomic E-state index is -3.44. The number of esters is 1. The monoisotopic (exact) mass is 532 g/mol. The van der Waals surface area contributed by atoms with Gasteiger partial charge >= 0.3 is 23.9 Å². The van der Waals surface area contributed by atoms with Crippen LogP contribution in [0.3, 0.4) is 0 Å². The smallest absolute Gasteiger partial charge is 0.362 e. The third-order valence-electron chi connectivity index (χ3n) is 5.67. The molecule has 2 fully saturated rings. The van der Waals surface area contributed by atoms with Crippen molar-refractivity contribution in [1.82, 2.24) is 0 Å². The molecule has 0 radical (unpaired) electrons. The van der Waals surface area contributed by atoms with Gasteiger partial charge in [-0.2, -0.15) is 0 Å². The molecule has 10 atom stereocenters. The van der Waals surface area contributed by atoms with E-state index in [1.807, 2.05) is 0 Å². The van der Waals surface area contributed by atoms with Crippen LogP contribution in [-0.4, -0.2) is 154 Å². The Hall–Kier alpha value is -2.07. The average Bonchev–Trinajstić information content (AvgIpc) is 3.04. The van der Waals surface area contributed by atoms with Crippen LogP contribution < -0.4 is 0 Å². The quantitative estimate of drug-likeness (QED) is 0.0869. The molecule has 0 amide bonds. The van der Waals surface area contributed by atoms with Crippen LogP contribution in [0.15, 0.2) is 0 Å². The van der Waals surface area contributed by atoms with Gasteiger partial charge in [0.05, 0.1) is 26.1 Å². The van der Waals surface area contributed by atoms with Crippen LogP contribution in [0.4, 0.5) is 0 Å². The second-order valence-electron chi connectivity index (χ2n) is 8.27. The molecule has 2 saturated heterocycles. The highest BCUT2D eigenvalue weighted by Crippen LogP contribution is 2.42. The Kier molecular flexibility index (Phi) is 9.32. The Morgan fingerprint density at radius 2 is 1.36 bits per heavy atom. The number of carboxylic acid groups (broad SMARTS) is 2. The van der Waals surface area contributed by atoms with E-state index in [2.05, 4.69) is 0 Å². The van der Waals surface area contributed by atoms with Crippen LogP contribution in [0.2, 0.25) is 0 Å². The van der Waals surface area contributed by atoms with Gasteiger partial charge in [0.25, 0.3) is 0 Å². The molecule has 18 nitrogen and oxygen atoms in total. The van der Waals surface area contributed by atoms with Gasteiger partial charge in [0, 0.05) is 0 Å². The van der Waals surface area contributed by atoms with Gasteiger partial charge in [0.1, 0.15) is 43.2 Å². The van der Waals surface area contributed by atoms with Crippen molar-refractivity contribution in [2.45, 2.75) is 72.9 Å². The van der Waals surface area contributed by atoms with Crippen molar-refractivity contribution < 1.29 is 89.5 Å². The fraction of sp³-hybridized carbons (Fsp3) is 0.833. The van der Waals surface area contributed by atoms with E-state index in [9.17, 15) is 60.3 Å². The van der Waals surface area contributed by atoms with E-state index in [0.29, 0.717) is 0 Å². The van der Waals surface area contributed by atoms with Crippen LogP contribution >= 0.6 is 0 Å². The average molecular weight is 532 g/mol. The lowest BCUT2D eigenvalue weighted by atomic mass is 9.95. The van der Waals surface area contributed by atoms with E-state index < -0.39 is 111 Å². The summed E-state index contributed by atoms with van der Waals surface area (Å²) in [7, 11) is 0. The molecule has 208 valence electrons. The first kappa shape index (κ1) is 30.2. The summed E-state index contributed by atoms with van der Waals surface area (Å²) in [6, 6.07) is 0. The molecule has 2 aliphatic rings. The number of rotatable bonds is 11. The standard InChI is InChI=1S/C18H28O18/c19-3-6-10(25)12(27)14(29)18(34-6,35-9(24)2-16(32,15(30)31)1-8(22)23)36-17(5-21)13(28)11(26)7(4-20)33-17/h6-7,10-14,19-21,25-29,32H,1-5H2,(H,22,23)(H,30,31)/t6-,7-,10-,11-,12+,13+,14-,16?,17?,18+/m1/s1. The Labute approximate surface area is 201 Å². The molecule has 0 aliphatic carbocycles. The molecule has 2 aliphatic heterocycles. The zero-order valence-corrected chi connectivity index (χ0v) is 18.4. The summed E-state index contributed by atoms with van der Waals surface area (Å²) in [5.74, 6) is -12.2. The molecule has 36 heavy (non-hydrogen) atoms. The van der Waals surface area contributed by atoms with Crippen molar-refractivity contribution in [3.8, 4) is 0 Å². The summed E-state index contributed by atoms with van der Waals surface area (Å²) >= 11 is 0. The van der Waals surface area contributed by atoms with Crippen molar-refractivity contribution in [3.05, 3.63) is 0 Å². The lowest BCUT2D eigenvalue weighted by Crippen LogP contribution is -2.71. The minimum Gasteiger partial charge on any atom is -0.481 e. The summed E-state index contributed by atoms with van der Waals surface area (Å²) in [6.07, 6.45) is -17.8. The van der Waals surface area contributed by atoms with Gasteiger partial charge < -0.3 is 70.4 Å². The molecule has 0 saturated carbocycles. The lowest BCUT2D eigenvalue weighted by Gasteiger charge is -2.49. The predicted molar refractivity (Wildman–Crippen MR) is 103 cm³/mol. The van der Waals surface area contributed by atoms with Crippen LogP contribution in [0.5, 0.6) is 0 Å². The van der Waals surface area contributed by atoms with Gasteiger partial charge in [0.15, 0.2) is 11.7 Å². The Morgan fingerprint density at radius 3 is 1.81 bits per heavy atom. The zero-order valence-electron chi connectivity index (χ0n) is 18.4. The fourth-order valence-corrected chi connectivity index (χ4v) is 3.69. The first-order valence-corrected chi connectivity index (χ1v) is 10.3. The third kappa shape index (κ3) is 5.59. The van der Waals surface area contributed by atoms with E-state index in [1.54, 1.807) is 0 Å². The molecule has 0 aromatic heterocycles. The van der Waals surface area contributed by atoms with Gasteiger partial charge in [-0.1, -0.05) is 0 Å². The summed E-state index contributed by atoms with van der Waals surface area (Å²) in [5.41, 5.74) is -3.26. The summed E-state index contributed by atoms with van der Waals surface area (Å²) < 4.78 is 20.3. The van der Waals surface area contributed by atoms with E-state index in [0.717, 1.165) is 0 Å². The van der Waals surface area contributed by atoms with Gasteiger partial charge in [-0.25, -0.2) is 4.79 Å². The SMILES string of the molecule is O=C(O)CC(O)(CC(=O)O[C@@]1(OC2(CO)O[C@H](CO)[C@@H](O)[C@@H]2O)O[C@H](CO)[C@@H](O)[C@H](O)[C@H]1O)C(=O)O. The number of hydrogen-bond acceptors (Lipinski definition) is 16. The van der Waals surface area contributed by atoms with E-state index >= 15 is 0 Å². The van der Waals surface area contributed by atoms with Crippen LogP contribution in [0.25, 0.3) is 0 Å². The van der Waals surface area contributed by atoms with Crippen LogP contribution in [0.1, 0.15) is 12.8 Å². The predicted octanol–water partition coefficient (Wildman–Crippen LogP) is -6.84. The lowest BCUT2D eigenvalue weighted by molar-refractivity contribution is -0.498. The number of carbonyl (C=O) groups excluding carboxylic acids is 1. The highest BCUT2D eigenvalue weighted by molar-refractivity contribution is 5.88. The summed E-state index contributed by atoms with van der Waals surface area (Å²) in [4.78, 5) is 34.9. The first-order valence-electron chi connectivity index (χ1n) is 10.3. The molecule has 2 unspecified atom stereocenters. The number of carbonyl (C=O) groups is 3. The number of carboxylic acids is 2. The summed E-state index contributed by atoms with van der Waals surface area (Å²) in [5, 5.41) is 108. The molecule has 0 bridgehead atoms. The second-order valence-corrected chi connectivity index (χ2v) is 8.27. The molecule has 11 N–H and O–H groups in total. The minimum absolute atomic E-state index is 0.943. The normalized spacial score (nSPS) is 40.4. The van der Waals surface area contributed by atoms with Crippen molar-refractivity contribution in [3.63, 3.8) is 0 Å². The van der Waals surface area contributed by atoms with E-state index in [1.165, 1.54) is 0 Å². The molecule has 0 aromatic rings. The molecular weight excluding hydrogens is 504 g/mol. The maximum atomic E-state index is 12.6. The van der Waals surface area contributed by atoms with E-state index in [-0.39, 0.29) is 0 Å². The van der Waals surface area contributed by atoms with E-state index in [4.69, 9.17) is 29.2 Å². The zero-order chi connectivity index (χ0) is 27.6.